The molecule has 0 bridgehead atoms. The van der Waals surface area contributed by atoms with Gasteiger partial charge >= 0.3 is 0 Å². The lowest BCUT2D eigenvalue weighted by atomic mass is 10.1. The molecule has 0 saturated heterocycles. The molecule has 0 fully saturated rings. The van der Waals surface area contributed by atoms with Gasteiger partial charge in [0.2, 0.25) is 8.77 Å². The van der Waals surface area contributed by atoms with Gasteiger partial charge in [-0.05, 0) is 62.2 Å². The van der Waals surface area contributed by atoms with Gasteiger partial charge in [-0.1, -0.05) is 23.9 Å². The van der Waals surface area contributed by atoms with Crippen LogP contribution in [0.15, 0.2) is 24.3 Å². The number of hydrogen-bond donors (Lipinski definition) is 0. The van der Waals surface area contributed by atoms with E-state index in [0.717, 1.165) is 28.4 Å². The van der Waals surface area contributed by atoms with E-state index >= 15 is 0 Å². The molecule has 0 saturated carbocycles. The highest BCUT2D eigenvalue weighted by Crippen LogP contribution is 2.31. The molecular weight excluding hydrogens is 426 g/mol. The number of Topliss-reactive ketones (excluding diaryl/α,β-unsaturated/α-hetero) is 1. The fourth-order valence-corrected chi connectivity index (χ4v) is 4.58. The molecule has 27 heavy (non-hydrogen) atoms. The van der Waals surface area contributed by atoms with E-state index in [4.69, 9.17) is 33.9 Å². The van der Waals surface area contributed by atoms with Crippen molar-refractivity contribution in [2.24, 2.45) is 0 Å². The molecule has 1 unspecified atom stereocenters. The zero-order valence-electron chi connectivity index (χ0n) is 14.6. The molecule has 144 valence electrons. The van der Waals surface area contributed by atoms with Crippen LogP contribution in [-0.4, -0.2) is 55.6 Å². The van der Waals surface area contributed by atoms with Gasteiger partial charge in [-0.25, -0.2) is 0 Å². The molecule has 0 spiro atoms. The molecule has 1 aliphatic heterocycles. The molecule has 0 aromatic heterocycles. The van der Waals surface area contributed by atoms with Crippen LogP contribution in [0.4, 0.5) is 0 Å². The van der Waals surface area contributed by atoms with E-state index in [9.17, 15) is 14.4 Å². The standard InChI is InChI=1S/C17H17NO5S4/c1-3-22-16(24)26-9-12(19)15(27-17(25)23-4-2)18-13(20)10-7-5-6-8-11(10)14(18)21/h5-8,15H,3-4,9H2,1-2H3. The van der Waals surface area contributed by atoms with Crippen molar-refractivity contribution in [1.82, 2.24) is 4.90 Å². The van der Waals surface area contributed by atoms with Crippen molar-refractivity contribution in [3.63, 3.8) is 0 Å². The van der Waals surface area contributed by atoms with Gasteiger partial charge in [0.15, 0.2) is 11.2 Å². The maximum absolute atomic E-state index is 12.8. The number of amides is 2. The molecule has 0 radical (unpaired) electrons. The first-order valence-corrected chi connectivity index (χ1v) is 10.7. The number of thiocarbonyl (C=S) groups is 2. The number of carbonyl (C=O) groups is 3. The van der Waals surface area contributed by atoms with Crippen LogP contribution in [0.25, 0.3) is 0 Å². The average molecular weight is 444 g/mol. The summed E-state index contributed by atoms with van der Waals surface area (Å²) in [5.41, 5.74) is 0.529. The van der Waals surface area contributed by atoms with Gasteiger partial charge in [-0.2, -0.15) is 0 Å². The largest absolute Gasteiger partial charge is 0.479 e. The number of rotatable bonds is 7. The van der Waals surface area contributed by atoms with Crippen molar-refractivity contribution >= 4 is 74.3 Å². The summed E-state index contributed by atoms with van der Waals surface area (Å²) in [7, 11) is 0. The Morgan fingerprint density at radius 2 is 1.56 bits per heavy atom. The van der Waals surface area contributed by atoms with E-state index < -0.39 is 17.2 Å². The monoisotopic (exact) mass is 443 g/mol. The first-order chi connectivity index (χ1) is 12.9. The van der Waals surface area contributed by atoms with E-state index in [1.165, 1.54) is 0 Å². The third-order valence-corrected chi connectivity index (χ3v) is 6.07. The number of imide groups is 1. The third kappa shape index (κ3) is 5.28. The molecule has 0 N–H and O–H groups in total. The van der Waals surface area contributed by atoms with Gasteiger partial charge in [0.25, 0.3) is 11.8 Å². The lowest BCUT2D eigenvalue weighted by Gasteiger charge is -2.24. The number of carbonyl (C=O) groups excluding carboxylic acids is 3. The second-order valence-corrected chi connectivity index (χ2v) is 8.38. The highest BCUT2D eigenvalue weighted by Gasteiger charge is 2.43. The second-order valence-electron chi connectivity index (χ2n) is 5.12. The van der Waals surface area contributed by atoms with Crippen molar-refractivity contribution < 1.29 is 23.9 Å². The third-order valence-electron chi connectivity index (χ3n) is 3.40. The number of benzene rings is 1. The molecule has 1 atom stereocenters. The van der Waals surface area contributed by atoms with Crippen molar-refractivity contribution in [2.45, 2.75) is 19.2 Å². The molecule has 0 aliphatic carbocycles. The fraction of sp³-hybridized carbons (Fsp3) is 0.353. The Hall–Kier alpha value is -1.49. The highest BCUT2D eigenvalue weighted by molar-refractivity contribution is 8.24. The zero-order chi connectivity index (χ0) is 20.0. The highest BCUT2D eigenvalue weighted by atomic mass is 32.2. The van der Waals surface area contributed by atoms with E-state index in [-0.39, 0.29) is 31.4 Å². The van der Waals surface area contributed by atoms with Crippen LogP contribution in [0.3, 0.4) is 0 Å². The van der Waals surface area contributed by atoms with E-state index in [1.807, 2.05) is 0 Å². The van der Waals surface area contributed by atoms with Gasteiger partial charge in [-0.15, -0.1) is 0 Å². The summed E-state index contributed by atoms with van der Waals surface area (Å²) in [6, 6.07) is 6.45. The normalized spacial score (nSPS) is 13.9. The summed E-state index contributed by atoms with van der Waals surface area (Å²) in [6.07, 6.45) is 0. The summed E-state index contributed by atoms with van der Waals surface area (Å²) in [5.74, 6) is -1.50. The number of ketones is 1. The van der Waals surface area contributed by atoms with Crippen molar-refractivity contribution in [3.05, 3.63) is 35.4 Å². The molecule has 2 amide bonds. The van der Waals surface area contributed by atoms with E-state index in [2.05, 4.69) is 0 Å². The smallest absolute Gasteiger partial charge is 0.262 e. The quantitative estimate of drug-likeness (QED) is 0.466. The summed E-state index contributed by atoms with van der Waals surface area (Å²) in [4.78, 5) is 39.2. The zero-order valence-corrected chi connectivity index (χ0v) is 17.9. The minimum absolute atomic E-state index is 0.0569. The van der Waals surface area contributed by atoms with Crippen LogP contribution >= 0.6 is 48.0 Å². The first kappa shape index (κ1) is 21.8. The number of ether oxygens (including phenoxy) is 2. The fourth-order valence-electron chi connectivity index (χ4n) is 2.29. The SMILES string of the molecule is CCOC(=S)SCC(=O)C(SC(=S)OCC)N1C(=O)c2ccccc2C1=O. The summed E-state index contributed by atoms with van der Waals surface area (Å²) >= 11 is 12.0. The molecule has 1 aromatic carbocycles. The Morgan fingerprint density at radius 3 is 2.07 bits per heavy atom. The number of hydrogen-bond acceptors (Lipinski definition) is 9. The summed E-state index contributed by atoms with van der Waals surface area (Å²) in [6.45, 7) is 4.25. The van der Waals surface area contributed by atoms with Crippen LogP contribution in [-0.2, 0) is 14.3 Å². The van der Waals surface area contributed by atoms with Gasteiger partial charge in [-0.3, -0.25) is 19.3 Å². The van der Waals surface area contributed by atoms with Gasteiger partial charge in [0.1, 0.15) is 0 Å². The number of fused-ring (bicyclic) bond motifs is 1. The molecule has 2 rings (SSSR count). The van der Waals surface area contributed by atoms with E-state index in [0.29, 0.717) is 13.2 Å². The van der Waals surface area contributed by atoms with Crippen LogP contribution in [0.1, 0.15) is 34.6 Å². The Morgan fingerprint density at radius 1 is 1.04 bits per heavy atom. The van der Waals surface area contributed by atoms with Gasteiger partial charge < -0.3 is 9.47 Å². The van der Waals surface area contributed by atoms with Crippen LogP contribution < -0.4 is 0 Å². The van der Waals surface area contributed by atoms with E-state index in [1.54, 1.807) is 38.1 Å². The molecule has 1 heterocycles. The summed E-state index contributed by atoms with van der Waals surface area (Å²) in [5, 5.41) is -1.13. The molecule has 6 nitrogen and oxygen atoms in total. The van der Waals surface area contributed by atoms with Crippen molar-refractivity contribution in [1.29, 1.82) is 0 Å². The predicted molar refractivity (Wildman–Crippen MR) is 114 cm³/mol. The second kappa shape index (κ2) is 10.2. The van der Waals surface area contributed by atoms with Gasteiger partial charge in [0, 0.05) is 0 Å². The Bertz CT molecular complexity index is 747. The molecule has 1 aliphatic rings. The topological polar surface area (TPSA) is 72.9 Å². The Balaban J connectivity index is 2.24. The minimum Gasteiger partial charge on any atom is -0.479 e. The average Bonchev–Trinajstić information content (AvgIpc) is 2.89. The maximum Gasteiger partial charge on any atom is 0.262 e. The lowest BCUT2D eigenvalue weighted by molar-refractivity contribution is -0.117. The Kier molecular flexibility index (Phi) is 8.21. The number of thioether (sulfide) groups is 2. The minimum atomic E-state index is -1.13. The molecular formula is C17H17NO5S4. The maximum atomic E-state index is 12.8. The molecule has 10 heteroatoms. The van der Waals surface area contributed by atoms with Crippen LogP contribution in [0, 0.1) is 0 Å². The predicted octanol–water partition coefficient (Wildman–Crippen LogP) is 3.29. The summed E-state index contributed by atoms with van der Waals surface area (Å²) < 4.78 is 10.7. The van der Waals surface area contributed by atoms with Crippen LogP contribution in [0.2, 0.25) is 0 Å². The first-order valence-electron chi connectivity index (χ1n) is 8.03. The Labute approximate surface area is 176 Å². The number of nitrogens with zero attached hydrogens (tertiary/aromatic N) is 1. The lowest BCUT2D eigenvalue weighted by Crippen LogP contribution is -2.44. The van der Waals surface area contributed by atoms with Gasteiger partial charge in [0.05, 0.1) is 30.1 Å². The van der Waals surface area contributed by atoms with Crippen molar-refractivity contribution in [2.75, 3.05) is 19.0 Å². The van der Waals surface area contributed by atoms with Crippen molar-refractivity contribution in [3.8, 4) is 0 Å². The van der Waals surface area contributed by atoms with Crippen LogP contribution in [0.5, 0.6) is 0 Å². The molecule has 1 aromatic rings.